The van der Waals surface area contributed by atoms with Crippen molar-refractivity contribution >= 4 is 11.7 Å². The van der Waals surface area contributed by atoms with E-state index in [1.807, 2.05) is 4.90 Å². The van der Waals surface area contributed by atoms with Crippen molar-refractivity contribution in [2.24, 2.45) is 5.73 Å². The zero-order valence-corrected chi connectivity index (χ0v) is 11.3. The van der Waals surface area contributed by atoms with E-state index in [-0.39, 0.29) is 23.5 Å². The molecule has 0 radical (unpaired) electrons. The average molecular weight is 278 g/mol. The Labute approximate surface area is 117 Å². The van der Waals surface area contributed by atoms with Crippen LogP contribution in [0.5, 0.6) is 0 Å². The minimum Gasteiger partial charge on any atom is -0.368 e. The summed E-state index contributed by atoms with van der Waals surface area (Å²) in [6.45, 7) is 1.31. The molecule has 0 aliphatic carbocycles. The molecule has 1 atom stereocenters. The molecular formula is C15H19FN2O2. The number of likely N-dealkylation sites (tertiary alicyclic amines) is 1. The van der Waals surface area contributed by atoms with Crippen LogP contribution in [-0.4, -0.2) is 35.7 Å². The van der Waals surface area contributed by atoms with Gasteiger partial charge in [-0.05, 0) is 43.7 Å². The van der Waals surface area contributed by atoms with Crippen LogP contribution in [0.4, 0.5) is 4.39 Å². The van der Waals surface area contributed by atoms with Gasteiger partial charge in [0, 0.05) is 18.5 Å². The van der Waals surface area contributed by atoms with Gasteiger partial charge in [0.1, 0.15) is 5.82 Å². The van der Waals surface area contributed by atoms with Gasteiger partial charge in [-0.15, -0.1) is 0 Å². The standard InChI is InChI=1S/C15H19FN2O2/c16-12-6-4-11(5-7-12)14(19)8-10-18-9-2-1-3-13(18)15(17)20/h4-7,13H,1-3,8-10H2,(H2,17,20). The van der Waals surface area contributed by atoms with Gasteiger partial charge < -0.3 is 5.73 Å². The summed E-state index contributed by atoms with van der Waals surface area (Å²) in [5.41, 5.74) is 5.88. The Balaban J connectivity index is 1.91. The molecule has 1 aromatic rings. The molecule has 2 rings (SSSR count). The van der Waals surface area contributed by atoms with Crippen molar-refractivity contribution in [1.29, 1.82) is 0 Å². The summed E-state index contributed by atoms with van der Waals surface area (Å²) in [5.74, 6) is -0.718. The predicted octanol–water partition coefficient (Wildman–Crippen LogP) is 1.74. The van der Waals surface area contributed by atoms with Gasteiger partial charge in [0.25, 0.3) is 0 Å². The second-order valence-corrected chi connectivity index (χ2v) is 5.13. The quantitative estimate of drug-likeness (QED) is 0.834. The fourth-order valence-corrected chi connectivity index (χ4v) is 2.61. The molecule has 108 valence electrons. The van der Waals surface area contributed by atoms with Gasteiger partial charge in [-0.2, -0.15) is 0 Å². The number of Topliss-reactive ketones (excluding diaryl/α,β-unsaturated/α-hetero) is 1. The molecule has 1 unspecified atom stereocenters. The Kier molecular flexibility index (Phi) is 4.84. The summed E-state index contributed by atoms with van der Waals surface area (Å²) in [7, 11) is 0. The number of amides is 1. The Morgan fingerprint density at radius 1 is 1.25 bits per heavy atom. The molecule has 1 aliphatic heterocycles. The van der Waals surface area contributed by atoms with Crippen LogP contribution < -0.4 is 5.73 Å². The number of primary amides is 1. The first-order valence-electron chi connectivity index (χ1n) is 6.90. The molecule has 0 bridgehead atoms. The number of ketones is 1. The SMILES string of the molecule is NC(=O)C1CCCCN1CCC(=O)c1ccc(F)cc1. The van der Waals surface area contributed by atoms with E-state index >= 15 is 0 Å². The topological polar surface area (TPSA) is 63.4 Å². The van der Waals surface area contributed by atoms with Crippen LogP contribution in [0.2, 0.25) is 0 Å². The monoisotopic (exact) mass is 278 g/mol. The van der Waals surface area contributed by atoms with E-state index in [1.165, 1.54) is 24.3 Å². The molecule has 0 saturated carbocycles. The van der Waals surface area contributed by atoms with Gasteiger partial charge in [0.2, 0.25) is 5.91 Å². The minimum absolute atomic E-state index is 0.0428. The number of nitrogens with two attached hydrogens (primary N) is 1. The maximum Gasteiger partial charge on any atom is 0.234 e. The highest BCUT2D eigenvalue weighted by Gasteiger charge is 2.26. The van der Waals surface area contributed by atoms with E-state index in [2.05, 4.69) is 0 Å². The highest BCUT2D eigenvalue weighted by Crippen LogP contribution is 2.17. The van der Waals surface area contributed by atoms with Crippen molar-refractivity contribution in [3.8, 4) is 0 Å². The minimum atomic E-state index is -0.355. The number of hydrogen-bond acceptors (Lipinski definition) is 3. The zero-order chi connectivity index (χ0) is 14.5. The number of nitrogens with zero attached hydrogens (tertiary/aromatic N) is 1. The molecule has 2 N–H and O–H groups in total. The van der Waals surface area contributed by atoms with E-state index in [0.717, 1.165) is 25.8 Å². The molecule has 1 saturated heterocycles. The van der Waals surface area contributed by atoms with Gasteiger partial charge in [0.05, 0.1) is 6.04 Å². The van der Waals surface area contributed by atoms with Crippen LogP contribution in [0, 0.1) is 5.82 Å². The van der Waals surface area contributed by atoms with Crippen LogP contribution >= 0.6 is 0 Å². The second kappa shape index (κ2) is 6.61. The first kappa shape index (κ1) is 14.7. The van der Waals surface area contributed by atoms with Crippen molar-refractivity contribution in [2.75, 3.05) is 13.1 Å². The van der Waals surface area contributed by atoms with Gasteiger partial charge in [0.15, 0.2) is 5.78 Å². The number of hydrogen-bond donors (Lipinski definition) is 1. The predicted molar refractivity (Wildman–Crippen MR) is 73.8 cm³/mol. The summed E-state index contributed by atoms with van der Waals surface area (Å²) >= 11 is 0. The first-order valence-corrected chi connectivity index (χ1v) is 6.90. The molecular weight excluding hydrogens is 259 g/mol. The molecule has 1 aromatic carbocycles. The molecule has 4 nitrogen and oxygen atoms in total. The molecule has 5 heteroatoms. The number of rotatable bonds is 5. The first-order chi connectivity index (χ1) is 9.58. The summed E-state index contributed by atoms with van der Waals surface area (Å²) < 4.78 is 12.8. The molecule has 1 amide bonds. The van der Waals surface area contributed by atoms with Crippen LogP contribution in [0.1, 0.15) is 36.0 Å². The number of carbonyl (C=O) groups is 2. The molecule has 0 spiro atoms. The third-order valence-electron chi connectivity index (χ3n) is 3.73. The number of carbonyl (C=O) groups excluding carboxylic acids is 2. The van der Waals surface area contributed by atoms with Gasteiger partial charge in [-0.3, -0.25) is 14.5 Å². The number of benzene rings is 1. The van der Waals surface area contributed by atoms with Gasteiger partial charge in [-0.25, -0.2) is 4.39 Å². The molecule has 20 heavy (non-hydrogen) atoms. The molecule has 0 aromatic heterocycles. The summed E-state index contributed by atoms with van der Waals surface area (Å²) in [5, 5.41) is 0. The van der Waals surface area contributed by atoms with E-state index < -0.39 is 0 Å². The molecule has 1 heterocycles. The Bertz CT molecular complexity index is 487. The van der Waals surface area contributed by atoms with Crippen molar-refractivity contribution in [1.82, 2.24) is 4.90 Å². The van der Waals surface area contributed by atoms with E-state index in [0.29, 0.717) is 18.5 Å². The third kappa shape index (κ3) is 3.63. The van der Waals surface area contributed by atoms with Crippen LogP contribution in [-0.2, 0) is 4.79 Å². The zero-order valence-electron chi connectivity index (χ0n) is 11.3. The van der Waals surface area contributed by atoms with Crippen molar-refractivity contribution in [3.63, 3.8) is 0 Å². The number of piperidine rings is 1. The highest BCUT2D eigenvalue weighted by molar-refractivity contribution is 5.96. The fourth-order valence-electron chi connectivity index (χ4n) is 2.61. The largest absolute Gasteiger partial charge is 0.368 e. The summed E-state index contributed by atoms with van der Waals surface area (Å²) in [4.78, 5) is 25.4. The fraction of sp³-hybridized carbons (Fsp3) is 0.467. The van der Waals surface area contributed by atoms with E-state index in [1.54, 1.807) is 0 Å². The highest BCUT2D eigenvalue weighted by atomic mass is 19.1. The normalized spacial score (nSPS) is 19.8. The lowest BCUT2D eigenvalue weighted by molar-refractivity contribution is -0.124. The van der Waals surface area contributed by atoms with E-state index in [9.17, 15) is 14.0 Å². The Hall–Kier alpha value is -1.75. The Morgan fingerprint density at radius 2 is 1.95 bits per heavy atom. The van der Waals surface area contributed by atoms with Crippen molar-refractivity contribution < 1.29 is 14.0 Å². The smallest absolute Gasteiger partial charge is 0.234 e. The van der Waals surface area contributed by atoms with Crippen molar-refractivity contribution in [3.05, 3.63) is 35.6 Å². The molecule has 1 aliphatic rings. The second-order valence-electron chi connectivity index (χ2n) is 5.13. The maximum absolute atomic E-state index is 12.8. The van der Waals surface area contributed by atoms with Crippen LogP contribution in [0.15, 0.2) is 24.3 Å². The summed E-state index contributed by atoms with van der Waals surface area (Å²) in [6, 6.07) is 5.27. The lowest BCUT2D eigenvalue weighted by Crippen LogP contribution is -2.48. The van der Waals surface area contributed by atoms with Crippen LogP contribution in [0.3, 0.4) is 0 Å². The van der Waals surface area contributed by atoms with Crippen molar-refractivity contribution in [2.45, 2.75) is 31.7 Å². The lowest BCUT2D eigenvalue weighted by Gasteiger charge is -2.33. The van der Waals surface area contributed by atoms with E-state index in [4.69, 9.17) is 5.73 Å². The van der Waals surface area contributed by atoms with Gasteiger partial charge in [-0.1, -0.05) is 6.42 Å². The van der Waals surface area contributed by atoms with Crippen LogP contribution in [0.25, 0.3) is 0 Å². The summed E-state index contributed by atoms with van der Waals surface area (Å²) in [6.07, 6.45) is 3.10. The lowest BCUT2D eigenvalue weighted by atomic mass is 10.0. The number of halogens is 1. The molecule has 1 fully saturated rings. The maximum atomic E-state index is 12.8. The van der Waals surface area contributed by atoms with Gasteiger partial charge >= 0.3 is 0 Å². The average Bonchev–Trinajstić information content (AvgIpc) is 2.45. The third-order valence-corrected chi connectivity index (χ3v) is 3.73. The Morgan fingerprint density at radius 3 is 2.60 bits per heavy atom.